The van der Waals surface area contributed by atoms with Crippen LogP contribution in [0, 0.1) is 0 Å². The van der Waals surface area contributed by atoms with Gasteiger partial charge >= 0.3 is 12.1 Å². The summed E-state index contributed by atoms with van der Waals surface area (Å²) in [6.45, 7) is -0.672. The first kappa shape index (κ1) is 27.1. The Bertz CT molecular complexity index is 1640. The Labute approximate surface area is 226 Å². The fourth-order valence-corrected chi connectivity index (χ4v) is 4.14. The molecular weight excluding hydrogens is 595 g/mol. The minimum absolute atomic E-state index is 0.0193. The van der Waals surface area contributed by atoms with Crippen molar-refractivity contribution in [2.45, 2.75) is 6.18 Å². The summed E-state index contributed by atoms with van der Waals surface area (Å²) >= 11 is 9.64. The second-order valence-electron chi connectivity index (χ2n) is 7.70. The lowest BCUT2D eigenvalue weighted by Crippen LogP contribution is -2.20. The molecule has 1 N–H and O–H groups in total. The zero-order chi connectivity index (χ0) is 27.6. The first-order chi connectivity index (χ1) is 18.0. The number of hydrogen-bond donors (Lipinski definition) is 1. The highest BCUT2D eigenvalue weighted by Crippen LogP contribution is 2.42. The van der Waals surface area contributed by atoms with Crippen LogP contribution in [0.25, 0.3) is 22.3 Å². The van der Waals surface area contributed by atoms with Crippen molar-refractivity contribution in [1.82, 2.24) is 9.66 Å². The van der Waals surface area contributed by atoms with Crippen molar-refractivity contribution in [3.63, 3.8) is 0 Å². The largest absolute Gasteiger partial charge is 0.493 e. The highest BCUT2D eigenvalue weighted by atomic mass is 79.9. The number of carboxylic acids is 1. The molecule has 0 amide bonds. The minimum atomic E-state index is -4.61. The highest BCUT2D eigenvalue weighted by Gasteiger charge is 2.31. The van der Waals surface area contributed by atoms with Gasteiger partial charge in [0.2, 0.25) is 0 Å². The molecular formula is C25H16BrClF3N3O5. The summed E-state index contributed by atoms with van der Waals surface area (Å²) < 4.78 is 51.7. The Hall–Kier alpha value is -3.90. The molecule has 0 aliphatic carbocycles. The number of methoxy groups -OCH3 is 1. The lowest BCUT2D eigenvalue weighted by atomic mass is 10.1. The number of fused-ring (bicyclic) bond motifs is 1. The van der Waals surface area contributed by atoms with E-state index in [0.29, 0.717) is 5.56 Å². The summed E-state index contributed by atoms with van der Waals surface area (Å²) in [5, 5.41) is 13.3. The van der Waals surface area contributed by atoms with Gasteiger partial charge in [-0.2, -0.15) is 22.9 Å². The Morgan fingerprint density at radius 1 is 1.21 bits per heavy atom. The number of nitrogens with zero attached hydrogens (tertiary/aromatic N) is 3. The van der Waals surface area contributed by atoms with E-state index < -0.39 is 29.9 Å². The zero-order valence-electron chi connectivity index (χ0n) is 19.3. The van der Waals surface area contributed by atoms with Crippen LogP contribution in [0.5, 0.6) is 11.5 Å². The van der Waals surface area contributed by atoms with Gasteiger partial charge in [-0.15, -0.1) is 0 Å². The van der Waals surface area contributed by atoms with Crippen LogP contribution in [0.3, 0.4) is 0 Å². The van der Waals surface area contributed by atoms with Crippen LogP contribution < -0.4 is 15.0 Å². The molecule has 0 aliphatic heterocycles. The van der Waals surface area contributed by atoms with Gasteiger partial charge in [0.1, 0.15) is 5.02 Å². The van der Waals surface area contributed by atoms with Crippen molar-refractivity contribution in [3.8, 4) is 22.9 Å². The number of para-hydroxylation sites is 1. The molecule has 0 unspecified atom stereocenters. The lowest BCUT2D eigenvalue weighted by Gasteiger charge is -2.14. The average Bonchev–Trinajstić information content (AvgIpc) is 2.89. The van der Waals surface area contributed by atoms with Crippen LogP contribution in [0.2, 0.25) is 5.02 Å². The van der Waals surface area contributed by atoms with E-state index in [1.165, 1.54) is 37.6 Å². The molecule has 4 aromatic rings. The molecule has 0 bridgehead atoms. The second kappa shape index (κ2) is 10.8. The van der Waals surface area contributed by atoms with Crippen molar-refractivity contribution in [2.24, 2.45) is 5.10 Å². The minimum Gasteiger partial charge on any atom is -0.493 e. The molecule has 0 saturated carbocycles. The van der Waals surface area contributed by atoms with Crippen LogP contribution in [0.4, 0.5) is 13.2 Å². The van der Waals surface area contributed by atoms with E-state index in [1.807, 2.05) is 0 Å². The van der Waals surface area contributed by atoms with Crippen molar-refractivity contribution in [3.05, 3.63) is 85.6 Å². The van der Waals surface area contributed by atoms with Crippen LogP contribution in [-0.2, 0) is 11.0 Å². The maximum Gasteiger partial charge on any atom is 0.416 e. The van der Waals surface area contributed by atoms with E-state index >= 15 is 0 Å². The summed E-state index contributed by atoms with van der Waals surface area (Å²) in [7, 11) is 1.32. The van der Waals surface area contributed by atoms with E-state index in [2.05, 4.69) is 26.0 Å². The first-order valence-corrected chi connectivity index (χ1v) is 11.8. The second-order valence-corrected chi connectivity index (χ2v) is 8.87. The van der Waals surface area contributed by atoms with E-state index in [1.54, 1.807) is 18.2 Å². The monoisotopic (exact) mass is 609 g/mol. The van der Waals surface area contributed by atoms with Crippen LogP contribution in [0.15, 0.2) is 69.0 Å². The summed E-state index contributed by atoms with van der Waals surface area (Å²) in [5.41, 5.74) is -0.933. The van der Waals surface area contributed by atoms with Gasteiger partial charge in [0.25, 0.3) is 5.56 Å². The predicted molar refractivity (Wildman–Crippen MR) is 138 cm³/mol. The van der Waals surface area contributed by atoms with E-state index in [-0.39, 0.29) is 43.3 Å². The Balaban J connectivity index is 1.89. The van der Waals surface area contributed by atoms with Gasteiger partial charge in [-0.1, -0.05) is 35.9 Å². The van der Waals surface area contributed by atoms with Gasteiger partial charge in [0, 0.05) is 15.6 Å². The van der Waals surface area contributed by atoms with Gasteiger partial charge < -0.3 is 14.6 Å². The fourth-order valence-electron chi connectivity index (χ4n) is 3.49. The van der Waals surface area contributed by atoms with Gasteiger partial charge in [0.15, 0.2) is 23.9 Å². The molecule has 0 aliphatic rings. The third-order valence-electron chi connectivity index (χ3n) is 5.23. The number of benzene rings is 3. The maximum absolute atomic E-state index is 13.4. The summed E-state index contributed by atoms with van der Waals surface area (Å²) in [6, 6.07) is 12.2. The van der Waals surface area contributed by atoms with Gasteiger partial charge in [-0.3, -0.25) is 4.79 Å². The number of aromatic nitrogens is 2. The smallest absolute Gasteiger partial charge is 0.416 e. The molecule has 0 saturated heterocycles. The standard InChI is InChI=1S/C25H16BrClF3N3O5/c1-37-18-10-14(20(26)21(27)22(18)38-12-19(34)35)11-31-33-23(13-5-4-6-15(9-13)25(28,29)30)32-17-8-3-2-7-16(17)24(33)36/h2-11H,12H2,1H3,(H,34,35). The van der Waals surface area contributed by atoms with Crippen molar-refractivity contribution < 1.29 is 32.5 Å². The summed E-state index contributed by atoms with van der Waals surface area (Å²) in [5.74, 6) is -1.29. The van der Waals surface area contributed by atoms with Crippen molar-refractivity contribution >= 4 is 50.6 Å². The average molecular weight is 611 g/mol. The SMILES string of the molecule is COc1cc(C=Nn2c(-c3cccc(C(F)(F)F)c3)nc3ccccc3c2=O)c(Br)c(Cl)c1OCC(=O)O. The van der Waals surface area contributed by atoms with Gasteiger partial charge in [-0.25, -0.2) is 9.78 Å². The number of carboxylic acid groups (broad SMARTS) is 1. The third-order valence-corrected chi connectivity index (χ3v) is 6.67. The molecule has 0 atom stereocenters. The molecule has 38 heavy (non-hydrogen) atoms. The molecule has 0 fully saturated rings. The fraction of sp³-hybridized carbons (Fsp3) is 0.120. The number of aliphatic carboxylic acids is 1. The molecule has 196 valence electrons. The molecule has 3 aromatic carbocycles. The van der Waals surface area contributed by atoms with Crippen LogP contribution in [-0.4, -0.2) is 40.7 Å². The molecule has 0 spiro atoms. The lowest BCUT2D eigenvalue weighted by molar-refractivity contribution is -0.139. The normalized spacial score (nSPS) is 11.7. The van der Waals surface area contributed by atoms with E-state index in [4.69, 9.17) is 26.2 Å². The van der Waals surface area contributed by atoms with E-state index in [0.717, 1.165) is 16.8 Å². The molecule has 1 aromatic heterocycles. The molecule has 1 heterocycles. The predicted octanol–water partition coefficient (Wildman–Crippen LogP) is 5.85. The Morgan fingerprint density at radius 3 is 2.63 bits per heavy atom. The zero-order valence-corrected chi connectivity index (χ0v) is 21.6. The number of alkyl halides is 3. The number of carbonyl (C=O) groups is 1. The maximum atomic E-state index is 13.4. The third kappa shape index (κ3) is 5.50. The number of hydrogen-bond acceptors (Lipinski definition) is 6. The summed E-state index contributed by atoms with van der Waals surface area (Å²) in [4.78, 5) is 28.7. The first-order valence-electron chi connectivity index (χ1n) is 10.7. The van der Waals surface area contributed by atoms with Gasteiger partial charge in [-0.05, 0) is 46.3 Å². The number of ether oxygens (including phenoxy) is 2. The molecule has 0 radical (unpaired) electrons. The number of halogens is 5. The number of rotatable bonds is 7. The molecule has 13 heteroatoms. The van der Waals surface area contributed by atoms with Crippen molar-refractivity contribution in [2.75, 3.05) is 13.7 Å². The Kier molecular flexibility index (Phi) is 7.74. The summed E-state index contributed by atoms with van der Waals surface area (Å²) in [6.07, 6.45) is -3.38. The van der Waals surface area contributed by atoms with Crippen molar-refractivity contribution in [1.29, 1.82) is 0 Å². The van der Waals surface area contributed by atoms with Gasteiger partial charge in [0.05, 0.1) is 29.8 Å². The molecule has 4 rings (SSSR count). The topological polar surface area (TPSA) is 103 Å². The van der Waals surface area contributed by atoms with E-state index in [9.17, 15) is 22.8 Å². The van der Waals surface area contributed by atoms with Crippen LogP contribution in [0.1, 0.15) is 11.1 Å². The molecule has 8 nitrogen and oxygen atoms in total. The van der Waals surface area contributed by atoms with Crippen LogP contribution >= 0.6 is 27.5 Å². The highest BCUT2D eigenvalue weighted by molar-refractivity contribution is 9.10. The Morgan fingerprint density at radius 2 is 1.95 bits per heavy atom. The quantitative estimate of drug-likeness (QED) is 0.263.